The molecule has 2 N–H and O–H groups in total. The van der Waals surface area contributed by atoms with Gasteiger partial charge in [-0.25, -0.2) is 4.98 Å². The number of nitrogens with one attached hydrogen (secondary N) is 2. The first kappa shape index (κ1) is 13.6. The molecule has 0 aromatic carbocycles. The van der Waals surface area contributed by atoms with Gasteiger partial charge >= 0.3 is 0 Å². The van der Waals surface area contributed by atoms with Gasteiger partial charge in [-0.2, -0.15) is 0 Å². The Balaban J connectivity index is 2.13. The van der Waals surface area contributed by atoms with Crippen molar-refractivity contribution < 1.29 is 4.92 Å². The number of hydrogen-bond acceptors (Lipinski definition) is 5. The number of nitro groups is 1. The summed E-state index contributed by atoms with van der Waals surface area (Å²) in [7, 11) is 0. The van der Waals surface area contributed by atoms with Crippen molar-refractivity contribution >= 4 is 11.8 Å². The summed E-state index contributed by atoms with van der Waals surface area (Å²) in [5.74, 6) is 0. The summed E-state index contributed by atoms with van der Waals surface area (Å²) in [6.07, 6.45) is 9.26. The molecular weight excluding hydrogens is 240 g/mol. The first-order valence-corrected chi connectivity index (χ1v) is 6.55. The van der Waals surface area contributed by atoms with Crippen LogP contribution in [0.15, 0.2) is 23.8 Å². The molecule has 0 aliphatic rings. The summed E-state index contributed by atoms with van der Waals surface area (Å²) in [6, 6.07) is 0. The highest BCUT2D eigenvalue weighted by atomic mass is 32.2. The predicted octanol–water partition coefficient (Wildman–Crippen LogP) is 1.76. The zero-order valence-electron chi connectivity index (χ0n) is 9.68. The lowest BCUT2D eigenvalue weighted by Crippen LogP contribution is -2.13. The first-order valence-electron chi connectivity index (χ1n) is 5.33. The summed E-state index contributed by atoms with van der Waals surface area (Å²) in [5.41, 5.74) is 1.05. The molecular formula is C10H16N4O2S. The van der Waals surface area contributed by atoms with E-state index in [9.17, 15) is 10.1 Å². The van der Waals surface area contributed by atoms with Crippen molar-refractivity contribution in [1.29, 1.82) is 0 Å². The number of aryl methyl sites for hydroxylation is 1. The van der Waals surface area contributed by atoms with E-state index in [0.29, 0.717) is 5.03 Å². The third kappa shape index (κ3) is 5.96. The second kappa shape index (κ2) is 7.72. The Labute approximate surface area is 104 Å². The van der Waals surface area contributed by atoms with E-state index in [1.165, 1.54) is 11.8 Å². The summed E-state index contributed by atoms with van der Waals surface area (Å²) in [4.78, 5) is 16.9. The third-order valence-corrected chi connectivity index (χ3v) is 2.85. The van der Waals surface area contributed by atoms with Crippen molar-refractivity contribution in [1.82, 2.24) is 15.3 Å². The average molecular weight is 256 g/mol. The van der Waals surface area contributed by atoms with Crippen LogP contribution in [0.4, 0.5) is 0 Å². The van der Waals surface area contributed by atoms with Crippen LogP contribution in [0, 0.1) is 10.1 Å². The van der Waals surface area contributed by atoms with Crippen LogP contribution in [0.1, 0.15) is 18.5 Å². The Hall–Kier alpha value is -1.50. The lowest BCUT2D eigenvalue weighted by Gasteiger charge is -2.05. The average Bonchev–Trinajstić information content (AvgIpc) is 2.79. The molecule has 0 unspecified atom stereocenters. The molecule has 0 saturated carbocycles. The largest absolute Gasteiger partial charge is 0.375 e. The Morgan fingerprint density at radius 2 is 2.53 bits per heavy atom. The number of nitrogens with zero attached hydrogens (tertiary/aromatic N) is 2. The molecule has 0 saturated heterocycles. The standard InChI is InChI=1S/C10H16N4O2S/c1-17-10(7-14(15)16)12-5-3-2-4-9-6-11-8-13-9/h6-8,12H,2-5H2,1H3,(H,11,13)/b10-7+. The van der Waals surface area contributed by atoms with Gasteiger partial charge in [0.2, 0.25) is 0 Å². The van der Waals surface area contributed by atoms with E-state index in [0.717, 1.165) is 37.7 Å². The lowest BCUT2D eigenvalue weighted by molar-refractivity contribution is -0.403. The monoisotopic (exact) mass is 256 g/mol. The summed E-state index contributed by atoms with van der Waals surface area (Å²) >= 11 is 1.35. The minimum Gasteiger partial charge on any atom is -0.375 e. The summed E-state index contributed by atoms with van der Waals surface area (Å²) in [6.45, 7) is 0.741. The maximum atomic E-state index is 10.3. The second-order valence-corrected chi connectivity index (χ2v) is 4.28. The van der Waals surface area contributed by atoms with Gasteiger partial charge in [-0.1, -0.05) is 0 Å². The smallest absolute Gasteiger partial charge is 0.263 e. The number of aromatic amines is 1. The number of thioether (sulfide) groups is 1. The van der Waals surface area contributed by atoms with Crippen LogP contribution in [0.25, 0.3) is 0 Å². The van der Waals surface area contributed by atoms with Gasteiger partial charge < -0.3 is 10.3 Å². The molecule has 6 nitrogen and oxygen atoms in total. The molecule has 0 atom stereocenters. The van der Waals surface area contributed by atoms with Crippen LogP contribution in [0.3, 0.4) is 0 Å². The molecule has 0 amide bonds. The van der Waals surface area contributed by atoms with Gasteiger partial charge in [0.05, 0.1) is 16.9 Å². The quantitative estimate of drug-likeness (QED) is 0.420. The van der Waals surface area contributed by atoms with E-state index < -0.39 is 4.92 Å². The minimum atomic E-state index is -0.442. The predicted molar refractivity (Wildman–Crippen MR) is 68.1 cm³/mol. The van der Waals surface area contributed by atoms with Gasteiger partial charge in [-0.3, -0.25) is 10.1 Å². The van der Waals surface area contributed by atoms with Crippen molar-refractivity contribution in [2.24, 2.45) is 0 Å². The third-order valence-electron chi connectivity index (χ3n) is 2.16. The number of hydrogen-bond donors (Lipinski definition) is 2. The highest BCUT2D eigenvalue weighted by Crippen LogP contribution is 2.07. The fourth-order valence-electron chi connectivity index (χ4n) is 1.34. The molecule has 94 valence electrons. The van der Waals surface area contributed by atoms with E-state index in [-0.39, 0.29) is 0 Å². The van der Waals surface area contributed by atoms with Gasteiger partial charge in [0, 0.05) is 12.7 Å². The van der Waals surface area contributed by atoms with E-state index in [1.54, 1.807) is 6.33 Å². The van der Waals surface area contributed by atoms with Crippen LogP contribution in [-0.2, 0) is 6.42 Å². The highest BCUT2D eigenvalue weighted by molar-refractivity contribution is 8.02. The molecule has 1 aromatic heterocycles. The first-order chi connectivity index (χ1) is 8.22. The number of imidazole rings is 1. The van der Waals surface area contributed by atoms with E-state index in [1.807, 2.05) is 12.5 Å². The van der Waals surface area contributed by atoms with Gasteiger partial charge in [0.1, 0.15) is 5.03 Å². The van der Waals surface area contributed by atoms with E-state index >= 15 is 0 Å². The normalized spacial score (nSPS) is 11.5. The molecule has 0 aliphatic carbocycles. The lowest BCUT2D eigenvalue weighted by atomic mass is 10.2. The maximum absolute atomic E-state index is 10.3. The van der Waals surface area contributed by atoms with Crippen LogP contribution in [-0.4, -0.2) is 27.7 Å². The van der Waals surface area contributed by atoms with Gasteiger partial charge in [-0.15, -0.1) is 11.8 Å². The topological polar surface area (TPSA) is 83.9 Å². The molecule has 0 radical (unpaired) electrons. The van der Waals surface area contributed by atoms with Crippen molar-refractivity contribution in [3.63, 3.8) is 0 Å². The highest BCUT2D eigenvalue weighted by Gasteiger charge is 2.00. The Morgan fingerprint density at radius 1 is 1.71 bits per heavy atom. The van der Waals surface area contributed by atoms with Crippen LogP contribution < -0.4 is 5.32 Å². The van der Waals surface area contributed by atoms with Gasteiger partial charge in [-0.05, 0) is 25.5 Å². The number of aromatic nitrogens is 2. The maximum Gasteiger partial charge on any atom is 0.263 e. The van der Waals surface area contributed by atoms with Crippen LogP contribution >= 0.6 is 11.8 Å². The number of H-pyrrole nitrogens is 1. The molecule has 0 bridgehead atoms. The molecule has 7 heteroatoms. The Kier molecular flexibility index (Phi) is 6.16. The molecule has 0 fully saturated rings. The van der Waals surface area contributed by atoms with E-state index in [2.05, 4.69) is 15.3 Å². The van der Waals surface area contributed by atoms with Crippen molar-refractivity contribution in [2.75, 3.05) is 12.8 Å². The molecule has 1 heterocycles. The number of unbranched alkanes of at least 4 members (excludes halogenated alkanes) is 1. The SMILES string of the molecule is CS/C(=C/[N+](=O)[O-])NCCCCc1c[nH]cn1. The fraction of sp³-hybridized carbons (Fsp3) is 0.500. The number of rotatable bonds is 8. The van der Waals surface area contributed by atoms with Crippen molar-refractivity contribution in [2.45, 2.75) is 19.3 Å². The van der Waals surface area contributed by atoms with Crippen molar-refractivity contribution in [3.05, 3.63) is 39.6 Å². The zero-order chi connectivity index (χ0) is 12.5. The second-order valence-electron chi connectivity index (χ2n) is 3.43. The molecule has 0 aliphatic heterocycles. The Bertz CT molecular complexity index is 364. The van der Waals surface area contributed by atoms with Gasteiger partial charge in [0.25, 0.3) is 6.20 Å². The Morgan fingerprint density at radius 3 is 3.12 bits per heavy atom. The molecule has 1 rings (SSSR count). The fourth-order valence-corrected chi connectivity index (χ4v) is 1.77. The van der Waals surface area contributed by atoms with Crippen LogP contribution in [0.5, 0.6) is 0 Å². The molecule has 1 aromatic rings. The minimum absolute atomic E-state index is 0.442. The molecule has 0 spiro atoms. The van der Waals surface area contributed by atoms with Crippen molar-refractivity contribution in [3.8, 4) is 0 Å². The van der Waals surface area contributed by atoms with Gasteiger partial charge in [0.15, 0.2) is 0 Å². The van der Waals surface area contributed by atoms with Crippen LogP contribution in [0.2, 0.25) is 0 Å². The van der Waals surface area contributed by atoms with E-state index in [4.69, 9.17) is 0 Å². The summed E-state index contributed by atoms with van der Waals surface area (Å²) < 4.78 is 0. The molecule has 17 heavy (non-hydrogen) atoms. The zero-order valence-corrected chi connectivity index (χ0v) is 10.5. The summed E-state index contributed by atoms with van der Waals surface area (Å²) in [5, 5.41) is 13.9.